The van der Waals surface area contributed by atoms with E-state index in [2.05, 4.69) is 33.7 Å². The molecule has 72 valence electrons. The standard InChI is InChI=1S/C10H14BrNO/c1-3-4-5-6-7-10(13)12-8-9(2)11/h1H,2,4-8H2,(H,12,13). The van der Waals surface area contributed by atoms with Gasteiger partial charge in [-0.05, 0) is 12.8 Å². The summed E-state index contributed by atoms with van der Waals surface area (Å²) in [6.07, 6.45) is 8.14. The minimum Gasteiger partial charge on any atom is -0.352 e. The molecule has 0 aliphatic carbocycles. The van der Waals surface area contributed by atoms with Gasteiger partial charge in [0.1, 0.15) is 0 Å². The number of halogens is 1. The summed E-state index contributed by atoms with van der Waals surface area (Å²) in [7, 11) is 0. The molecule has 2 nitrogen and oxygen atoms in total. The lowest BCUT2D eigenvalue weighted by atomic mass is 10.2. The lowest BCUT2D eigenvalue weighted by Gasteiger charge is -2.02. The van der Waals surface area contributed by atoms with Gasteiger partial charge in [0.05, 0.1) is 0 Å². The molecule has 0 aromatic heterocycles. The number of amides is 1. The number of unbranched alkanes of at least 4 members (excludes halogenated alkanes) is 2. The Kier molecular flexibility index (Phi) is 7.42. The van der Waals surface area contributed by atoms with Crippen LogP contribution in [0.4, 0.5) is 0 Å². The second kappa shape index (κ2) is 7.88. The van der Waals surface area contributed by atoms with Crippen molar-refractivity contribution in [1.29, 1.82) is 0 Å². The van der Waals surface area contributed by atoms with Crippen molar-refractivity contribution in [2.45, 2.75) is 25.7 Å². The zero-order valence-corrected chi connectivity index (χ0v) is 9.19. The van der Waals surface area contributed by atoms with Crippen molar-refractivity contribution >= 4 is 21.8 Å². The summed E-state index contributed by atoms with van der Waals surface area (Å²) in [4.78, 5) is 11.1. The predicted octanol–water partition coefficient (Wildman–Crippen LogP) is 2.20. The first-order chi connectivity index (χ1) is 6.16. The van der Waals surface area contributed by atoms with Crippen LogP contribution in [0.15, 0.2) is 11.1 Å². The molecule has 0 aliphatic heterocycles. The van der Waals surface area contributed by atoms with Crippen molar-refractivity contribution in [3.05, 3.63) is 11.1 Å². The Morgan fingerprint density at radius 3 is 2.77 bits per heavy atom. The molecular weight excluding hydrogens is 230 g/mol. The fraction of sp³-hybridized carbons (Fsp3) is 0.500. The lowest BCUT2D eigenvalue weighted by molar-refractivity contribution is -0.121. The first-order valence-electron chi connectivity index (χ1n) is 4.20. The number of hydrogen-bond acceptors (Lipinski definition) is 1. The van der Waals surface area contributed by atoms with E-state index in [9.17, 15) is 4.79 Å². The lowest BCUT2D eigenvalue weighted by Crippen LogP contribution is -2.23. The van der Waals surface area contributed by atoms with Crippen LogP contribution in [0.2, 0.25) is 0 Å². The zero-order valence-electron chi connectivity index (χ0n) is 7.61. The predicted molar refractivity (Wildman–Crippen MR) is 58.4 cm³/mol. The molecule has 0 radical (unpaired) electrons. The van der Waals surface area contributed by atoms with Crippen LogP contribution >= 0.6 is 15.9 Å². The molecule has 0 unspecified atom stereocenters. The minimum atomic E-state index is 0.0534. The van der Waals surface area contributed by atoms with Crippen LogP contribution in [0.1, 0.15) is 25.7 Å². The highest BCUT2D eigenvalue weighted by Crippen LogP contribution is 2.00. The monoisotopic (exact) mass is 243 g/mol. The summed E-state index contributed by atoms with van der Waals surface area (Å²) in [6, 6.07) is 0. The topological polar surface area (TPSA) is 29.1 Å². The maximum absolute atomic E-state index is 11.1. The molecule has 0 rings (SSSR count). The van der Waals surface area contributed by atoms with Crippen LogP contribution in [0, 0.1) is 12.3 Å². The van der Waals surface area contributed by atoms with Gasteiger partial charge in [0.2, 0.25) is 5.91 Å². The molecule has 13 heavy (non-hydrogen) atoms. The second-order valence-corrected chi connectivity index (χ2v) is 3.83. The molecule has 0 spiro atoms. The van der Waals surface area contributed by atoms with E-state index in [0.717, 1.165) is 23.7 Å². The van der Waals surface area contributed by atoms with Crippen LogP contribution in [-0.2, 0) is 4.79 Å². The third-order valence-electron chi connectivity index (χ3n) is 1.45. The summed E-state index contributed by atoms with van der Waals surface area (Å²) < 4.78 is 0.782. The van der Waals surface area contributed by atoms with Crippen molar-refractivity contribution in [3.63, 3.8) is 0 Å². The third kappa shape index (κ3) is 9.16. The molecule has 0 atom stereocenters. The van der Waals surface area contributed by atoms with E-state index in [-0.39, 0.29) is 5.91 Å². The Balaban J connectivity index is 3.31. The van der Waals surface area contributed by atoms with Gasteiger partial charge in [0.15, 0.2) is 0 Å². The number of rotatable bonds is 6. The van der Waals surface area contributed by atoms with Crippen LogP contribution in [0.5, 0.6) is 0 Å². The molecule has 0 fully saturated rings. The van der Waals surface area contributed by atoms with E-state index in [4.69, 9.17) is 6.42 Å². The Bertz CT molecular complexity index is 217. The van der Waals surface area contributed by atoms with Crippen molar-refractivity contribution in [1.82, 2.24) is 5.32 Å². The summed E-state index contributed by atoms with van der Waals surface area (Å²) in [5.74, 6) is 2.59. The highest BCUT2D eigenvalue weighted by molar-refractivity contribution is 9.11. The molecule has 1 amide bonds. The van der Waals surface area contributed by atoms with Gasteiger partial charge < -0.3 is 5.32 Å². The molecule has 0 bridgehead atoms. The van der Waals surface area contributed by atoms with E-state index in [1.54, 1.807) is 0 Å². The average Bonchev–Trinajstić information content (AvgIpc) is 2.09. The molecular formula is C10H14BrNO. The quantitative estimate of drug-likeness (QED) is 0.563. The molecule has 0 aliphatic rings. The summed E-state index contributed by atoms with van der Waals surface area (Å²) in [5, 5.41) is 2.72. The van der Waals surface area contributed by atoms with Crippen molar-refractivity contribution in [2.24, 2.45) is 0 Å². The van der Waals surface area contributed by atoms with Gasteiger partial charge in [-0.1, -0.05) is 22.5 Å². The third-order valence-corrected chi connectivity index (χ3v) is 1.73. The number of nitrogens with one attached hydrogen (secondary N) is 1. The average molecular weight is 244 g/mol. The Morgan fingerprint density at radius 1 is 1.54 bits per heavy atom. The highest BCUT2D eigenvalue weighted by Gasteiger charge is 1.99. The van der Waals surface area contributed by atoms with E-state index < -0.39 is 0 Å². The molecule has 3 heteroatoms. The SMILES string of the molecule is C#CCCCCC(=O)NCC(=C)Br. The van der Waals surface area contributed by atoms with Gasteiger partial charge in [-0.15, -0.1) is 12.3 Å². The second-order valence-electron chi connectivity index (χ2n) is 2.71. The largest absolute Gasteiger partial charge is 0.352 e. The van der Waals surface area contributed by atoms with Crippen LogP contribution in [0.25, 0.3) is 0 Å². The van der Waals surface area contributed by atoms with Gasteiger partial charge >= 0.3 is 0 Å². The Labute approximate surface area is 87.9 Å². The van der Waals surface area contributed by atoms with Gasteiger partial charge in [-0.3, -0.25) is 4.79 Å². The summed E-state index contributed by atoms with van der Waals surface area (Å²) in [6.45, 7) is 4.11. The first-order valence-corrected chi connectivity index (χ1v) is 4.99. The molecule has 0 aromatic carbocycles. The van der Waals surface area contributed by atoms with E-state index >= 15 is 0 Å². The van der Waals surface area contributed by atoms with Crippen molar-refractivity contribution in [3.8, 4) is 12.3 Å². The smallest absolute Gasteiger partial charge is 0.220 e. The minimum absolute atomic E-state index is 0.0534. The molecule has 0 heterocycles. The number of carbonyl (C=O) groups is 1. The number of carbonyl (C=O) groups excluding carboxylic acids is 1. The van der Waals surface area contributed by atoms with Crippen LogP contribution < -0.4 is 5.32 Å². The van der Waals surface area contributed by atoms with Crippen LogP contribution in [-0.4, -0.2) is 12.5 Å². The van der Waals surface area contributed by atoms with Gasteiger partial charge in [-0.25, -0.2) is 0 Å². The highest BCUT2D eigenvalue weighted by atomic mass is 79.9. The van der Waals surface area contributed by atoms with E-state index in [1.807, 2.05) is 0 Å². The molecule has 1 N–H and O–H groups in total. The van der Waals surface area contributed by atoms with Gasteiger partial charge in [-0.2, -0.15) is 0 Å². The maximum Gasteiger partial charge on any atom is 0.220 e. The van der Waals surface area contributed by atoms with Crippen LogP contribution in [0.3, 0.4) is 0 Å². The number of terminal acetylenes is 1. The zero-order chi connectivity index (χ0) is 10.1. The number of hydrogen-bond donors (Lipinski definition) is 1. The fourth-order valence-corrected chi connectivity index (χ4v) is 0.936. The van der Waals surface area contributed by atoms with Crippen molar-refractivity contribution < 1.29 is 4.79 Å². The molecule has 0 saturated heterocycles. The molecule has 0 saturated carbocycles. The molecule has 0 aromatic rings. The Hall–Kier alpha value is -0.750. The first kappa shape index (κ1) is 12.2. The normalized spacial score (nSPS) is 8.92. The maximum atomic E-state index is 11.1. The fourth-order valence-electron chi connectivity index (χ4n) is 0.795. The van der Waals surface area contributed by atoms with Gasteiger partial charge in [0, 0.05) is 23.9 Å². The van der Waals surface area contributed by atoms with Crippen molar-refractivity contribution in [2.75, 3.05) is 6.54 Å². The van der Waals surface area contributed by atoms with Gasteiger partial charge in [0.25, 0.3) is 0 Å². The summed E-state index contributed by atoms with van der Waals surface area (Å²) >= 11 is 3.16. The Morgan fingerprint density at radius 2 is 2.23 bits per heavy atom. The van der Waals surface area contributed by atoms with E-state index in [0.29, 0.717) is 13.0 Å². The van der Waals surface area contributed by atoms with E-state index in [1.165, 1.54) is 0 Å². The summed E-state index contributed by atoms with van der Waals surface area (Å²) in [5.41, 5.74) is 0.